The number of nitrogens with zero attached hydrogens (tertiary/aromatic N) is 3. The highest BCUT2D eigenvalue weighted by Gasteiger charge is 2.18. The SMILES string of the molecule is Ic1ccc2[nH]cc(C3=CCN(CCCCc4cnn(C5CCCC5)c4)CC3)c2c1. The molecule has 5 rings (SSSR count). The lowest BCUT2D eigenvalue weighted by Crippen LogP contribution is -2.29. The highest BCUT2D eigenvalue weighted by atomic mass is 127. The molecule has 0 spiro atoms. The predicted octanol–water partition coefficient (Wildman–Crippen LogP) is 6.20. The number of nitrogens with one attached hydrogen (secondary N) is 1. The van der Waals surface area contributed by atoms with E-state index in [1.165, 1.54) is 82.8 Å². The quantitative estimate of drug-likeness (QED) is 0.301. The van der Waals surface area contributed by atoms with Gasteiger partial charge in [0.15, 0.2) is 0 Å². The standard InChI is InChI=1S/C25H31IN4/c26-21-8-9-25-23(15-21)24(17-27-25)20-10-13-29(14-11-20)12-4-3-5-19-16-28-30(18-19)22-6-1-2-7-22/h8-10,15-18,22,27H,1-7,11-14H2. The van der Waals surface area contributed by atoms with E-state index in [1.807, 2.05) is 0 Å². The highest BCUT2D eigenvalue weighted by Crippen LogP contribution is 2.31. The smallest absolute Gasteiger partial charge is 0.0521 e. The fourth-order valence-corrected chi connectivity index (χ4v) is 5.55. The third-order valence-corrected chi connectivity index (χ3v) is 7.50. The van der Waals surface area contributed by atoms with Crippen LogP contribution in [0.25, 0.3) is 16.5 Å². The van der Waals surface area contributed by atoms with E-state index in [-0.39, 0.29) is 0 Å². The normalized spacial score (nSPS) is 18.4. The topological polar surface area (TPSA) is 36.9 Å². The number of halogens is 1. The lowest BCUT2D eigenvalue weighted by atomic mass is 9.99. The van der Waals surface area contributed by atoms with E-state index in [1.54, 1.807) is 0 Å². The Bertz CT molecular complexity index is 1020. The number of fused-ring (bicyclic) bond motifs is 1. The van der Waals surface area contributed by atoms with E-state index >= 15 is 0 Å². The van der Waals surface area contributed by atoms with Gasteiger partial charge in [0.05, 0.1) is 12.2 Å². The summed E-state index contributed by atoms with van der Waals surface area (Å²) in [6.45, 7) is 3.44. The molecule has 1 aliphatic heterocycles. The zero-order valence-corrected chi connectivity index (χ0v) is 19.8. The van der Waals surface area contributed by atoms with Crippen LogP contribution in [0.2, 0.25) is 0 Å². The van der Waals surface area contributed by atoms with Gasteiger partial charge in [-0.3, -0.25) is 9.58 Å². The minimum absolute atomic E-state index is 0.661. The van der Waals surface area contributed by atoms with Gasteiger partial charge in [0, 0.05) is 45.5 Å². The fourth-order valence-electron chi connectivity index (χ4n) is 5.06. The molecule has 3 heterocycles. The number of hydrogen-bond donors (Lipinski definition) is 1. The van der Waals surface area contributed by atoms with Crippen molar-refractivity contribution in [3.8, 4) is 0 Å². The van der Waals surface area contributed by atoms with Crippen LogP contribution in [0.4, 0.5) is 0 Å². The Kier molecular flexibility index (Phi) is 6.27. The summed E-state index contributed by atoms with van der Waals surface area (Å²) in [6, 6.07) is 7.31. The van der Waals surface area contributed by atoms with E-state index in [4.69, 9.17) is 0 Å². The summed E-state index contributed by atoms with van der Waals surface area (Å²) >= 11 is 2.40. The average Bonchev–Trinajstić information content (AvgIpc) is 3.52. The monoisotopic (exact) mass is 514 g/mol. The molecule has 3 aromatic rings. The molecule has 0 unspecified atom stereocenters. The first-order valence-electron chi connectivity index (χ1n) is 11.5. The molecular weight excluding hydrogens is 483 g/mol. The van der Waals surface area contributed by atoms with Gasteiger partial charge in [-0.2, -0.15) is 5.10 Å². The Morgan fingerprint density at radius 3 is 2.90 bits per heavy atom. The maximum atomic E-state index is 4.62. The summed E-state index contributed by atoms with van der Waals surface area (Å²) in [5, 5.41) is 5.98. The molecular formula is C25H31IN4. The molecule has 2 aliphatic rings. The van der Waals surface area contributed by atoms with Crippen molar-refractivity contribution in [1.82, 2.24) is 19.7 Å². The predicted molar refractivity (Wildman–Crippen MR) is 133 cm³/mol. The van der Waals surface area contributed by atoms with Crippen molar-refractivity contribution in [2.75, 3.05) is 19.6 Å². The zero-order chi connectivity index (χ0) is 20.3. The number of H-pyrrole nitrogens is 1. The van der Waals surface area contributed by atoms with E-state index in [2.05, 4.69) is 85.1 Å². The summed E-state index contributed by atoms with van der Waals surface area (Å²) in [4.78, 5) is 6.04. The van der Waals surface area contributed by atoms with Crippen LogP contribution in [0.1, 0.15) is 62.1 Å². The number of benzene rings is 1. The van der Waals surface area contributed by atoms with Crippen molar-refractivity contribution in [3.05, 3.63) is 57.6 Å². The first kappa shape index (κ1) is 20.3. The molecule has 0 atom stereocenters. The van der Waals surface area contributed by atoms with Crippen molar-refractivity contribution in [1.29, 1.82) is 0 Å². The summed E-state index contributed by atoms with van der Waals surface area (Å²) in [6.07, 6.45) is 19.2. The van der Waals surface area contributed by atoms with Crippen LogP contribution in [0, 0.1) is 3.57 Å². The molecule has 1 fully saturated rings. The van der Waals surface area contributed by atoms with Crippen molar-refractivity contribution < 1.29 is 0 Å². The third kappa shape index (κ3) is 4.52. The molecule has 2 aromatic heterocycles. The number of aromatic amines is 1. The van der Waals surface area contributed by atoms with Crippen molar-refractivity contribution in [2.24, 2.45) is 0 Å². The van der Waals surface area contributed by atoms with E-state index in [9.17, 15) is 0 Å². The molecule has 1 aliphatic carbocycles. The minimum atomic E-state index is 0.661. The molecule has 0 bridgehead atoms. The van der Waals surface area contributed by atoms with Crippen LogP contribution < -0.4 is 0 Å². The lowest BCUT2D eigenvalue weighted by molar-refractivity contribution is 0.295. The number of aromatic nitrogens is 3. The molecule has 5 heteroatoms. The van der Waals surface area contributed by atoms with Crippen LogP contribution in [-0.4, -0.2) is 39.3 Å². The van der Waals surface area contributed by atoms with Gasteiger partial charge < -0.3 is 4.98 Å². The van der Waals surface area contributed by atoms with Crippen LogP contribution in [0.5, 0.6) is 0 Å². The molecule has 1 saturated carbocycles. The van der Waals surface area contributed by atoms with Gasteiger partial charge in [-0.05, 0) is 97.0 Å². The summed E-state index contributed by atoms with van der Waals surface area (Å²) in [5.41, 5.74) is 5.54. The molecule has 0 saturated heterocycles. The van der Waals surface area contributed by atoms with Crippen molar-refractivity contribution in [2.45, 2.75) is 57.4 Å². The van der Waals surface area contributed by atoms with E-state index < -0.39 is 0 Å². The number of hydrogen-bond acceptors (Lipinski definition) is 2. The van der Waals surface area contributed by atoms with Crippen LogP contribution in [0.3, 0.4) is 0 Å². The fraction of sp³-hybridized carbons (Fsp3) is 0.480. The van der Waals surface area contributed by atoms with Gasteiger partial charge >= 0.3 is 0 Å². The molecule has 1 N–H and O–H groups in total. The van der Waals surface area contributed by atoms with E-state index in [0.29, 0.717) is 6.04 Å². The maximum absolute atomic E-state index is 4.62. The Morgan fingerprint density at radius 2 is 2.07 bits per heavy atom. The average molecular weight is 514 g/mol. The lowest BCUT2D eigenvalue weighted by Gasteiger charge is -2.26. The Morgan fingerprint density at radius 1 is 1.17 bits per heavy atom. The maximum Gasteiger partial charge on any atom is 0.0521 e. The zero-order valence-electron chi connectivity index (χ0n) is 17.6. The van der Waals surface area contributed by atoms with Crippen molar-refractivity contribution >= 4 is 39.1 Å². The van der Waals surface area contributed by atoms with Gasteiger partial charge in [-0.25, -0.2) is 0 Å². The molecule has 158 valence electrons. The molecule has 1 aromatic carbocycles. The first-order valence-corrected chi connectivity index (χ1v) is 12.6. The number of aryl methyl sites for hydroxylation is 1. The second kappa shape index (κ2) is 9.27. The van der Waals surface area contributed by atoms with E-state index in [0.717, 1.165) is 19.4 Å². The number of rotatable bonds is 7. The molecule has 0 amide bonds. The van der Waals surface area contributed by atoms with Crippen LogP contribution >= 0.6 is 22.6 Å². The van der Waals surface area contributed by atoms with Crippen molar-refractivity contribution in [3.63, 3.8) is 0 Å². The third-order valence-electron chi connectivity index (χ3n) is 6.83. The summed E-state index contributed by atoms with van der Waals surface area (Å²) in [7, 11) is 0. The van der Waals surface area contributed by atoms with Gasteiger partial charge in [-0.15, -0.1) is 0 Å². The van der Waals surface area contributed by atoms with Gasteiger partial charge in [0.25, 0.3) is 0 Å². The number of unbranched alkanes of at least 4 members (excludes halogenated alkanes) is 1. The van der Waals surface area contributed by atoms with Crippen LogP contribution in [-0.2, 0) is 6.42 Å². The summed E-state index contributed by atoms with van der Waals surface area (Å²) < 4.78 is 3.53. The van der Waals surface area contributed by atoms with Gasteiger partial charge in [-0.1, -0.05) is 18.9 Å². The largest absolute Gasteiger partial charge is 0.361 e. The van der Waals surface area contributed by atoms with Gasteiger partial charge in [0.2, 0.25) is 0 Å². The minimum Gasteiger partial charge on any atom is -0.361 e. The second-order valence-corrected chi connectivity index (χ2v) is 10.1. The Balaban J connectivity index is 1.09. The first-order chi connectivity index (χ1) is 14.8. The highest BCUT2D eigenvalue weighted by molar-refractivity contribution is 14.1. The molecule has 30 heavy (non-hydrogen) atoms. The Hall–Kier alpha value is -1.60. The Labute approximate surface area is 192 Å². The van der Waals surface area contributed by atoms with Crippen LogP contribution in [0.15, 0.2) is 42.9 Å². The molecule has 4 nitrogen and oxygen atoms in total. The second-order valence-electron chi connectivity index (χ2n) is 8.90. The summed E-state index contributed by atoms with van der Waals surface area (Å²) in [5.74, 6) is 0. The molecule has 0 radical (unpaired) electrons. The van der Waals surface area contributed by atoms with Gasteiger partial charge in [0.1, 0.15) is 0 Å².